The van der Waals surface area contributed by atoms with Gasteiger partial charge in [-0.05, 0) is 39.0 Å². The summed E-state index contributed by atoms with van der Waals surface area (Å²) >= 11 is 0. The first-order valence-corrected chi connectivity index (χ1v) is 7.54. The zero-order valence-electron chi connectivity index (χ0n) is 13.2. The lowest BCUT2D eigenvalue weighted by Gasteiger charge is -2.34. The topological polar surface area (TPSA) is 56.3 Å². The minimum absolute atomic E-state index is 0.163. The molecule has 2 N–H and O–H groups in total. The maximum Gasteiger partial charge on any atom is 0.130 e. The molecule has 1 aliphatic rings. The summed E-state index contributed by atoms with van der Waals surface area (Å²) in [6.45, 7) is 7.14. The van der Waals surface area contributed by atoms with E-state index in [9.17, 15) is 0 Å². The third-order valence-corrected chi connectivity index (χ3v) is 4.06. The van der Waals surface area contributed by atoms with Gasteiger partial charge in [0.15, 0.2) is 0 Å². The molecule has 0 amide bonds. The zero-order valence-corrected chi connectivity index (χ0v) is 13.2. The molecule has 5 nitrogen and oxygen atoms in total. The maximum absolute atomic E-state index is 6.00. The monoisotopic (exact) mass is 280 g/mol. The van der Waals surface area contributed by atoms with Gasteiger partial charge in [-0.3, -0.25) is 4.68 Å². The number of anilines is 1. The second-order valence-corrected chi connectivity index (χ2v) is 6.10. The highest BCUT2D eigenvalue weighted by Gasteiger charge is 2.25. The van der Waals surface area contributed by atoms with Crippen LogP contribution >= 0.6 is 0 Å². The van der Waals surface area contributed by atoms with Crippen LogP contribution in [-0.2, 0) is 18.2 Å². The van der Waals surface area contributed by atoms with Crippen LogP contribution in [0.2, 0.25) is 0 Å². The molecule has 0 spiro atoms. The molecular formula is C15H28N4O. The number of aromatic nitrogens is 2. The van der Waals surface area contributed by atoms with Gasteiger partial charge in [0.25, 0.3) is 0 Å². The van der Waals surface area contributed by atoms with Crippen molar-refractivity contribution >= 4 is 5.82 Å². The third-order valence-electron chi connectivity index (χ3n) is 4.06. The van der Waals surface area contributed by atoms with Gasteiger partial charge in [-0.1, -0.05) is 0 Å². The number of nitrogens with two attached hydrogens (primary N) is 1. The van der Waals surface area contributed by atoms with Crippen LogP contribution in [0, 0.1) is 12.8 Å². The molecule has 2 rings (SSSR count). The second-order valence-electron chi connectivity index (χ2n) is 6.10. The molecule has 0 aliphatic carbocycles. The number of rotatable bonds is 5. The molecule has 1 aromatic rings. The molecule has 2 unspecified atom stereocenters. The number of piperidine rings is 1. The number of hydrogen-bond acceptors (Lipinski definition) is 4. The quantitative estimate of drug-likeness (QED) is 0.887. The molecule has 20 heavy (non-hydrogen) atoms. The van der Waals surface area contributed by atoms with Crippen molar-refractivity contribution in [2.24, 2.45) is 18.7 Å². The fraction of sp³-hybridized carbons (Fsp3) is 0.800. The van der Waals surface area contributed by atoms with Crippen molar-refractivity contribution in [1.29, 1.82) is 0 Å². The summed E-state index contributed by atoms with van der Waals surface area (Å²) in [6.07, 6.45) is 3.36. The van der Waals surface area contributed by atoms with E-state index in [2.05, 4.69) is 23.8 Å². The highest BCUT2D eigenvalue weighted by atomic mass is 16.5. The molecule has 0 aromatic carbocycles. The number of ether oxygens (including phenoxy) is 1. The Morgan fingerprint density at radius 2 is 2.25 bits per heavy atom. The normalized spacial score (nSPS) is 21.2. The van der Waals surface area contributed by atoms with E-state index in [0.29, 0.717) is 5.92 Å². The summed E-state index contributed by atoms with van der Waals surface area (Å²) in [7, 11) is 3.82. The molecule has 5 heteroatoms. The molecule has 1 aromatic heterocycles. The molecule has 1 saturated heterocycles. The van der Waals surface area contributed by atoms with E-state index >= 15 is 0 Å². The van der Waals surface area contributed by atoms with Crippen molar-refractivity contribution in [2.45, 2.75) is 39.2 Å². The van der Waals surface area contributed by atoms with Gasteiger partial charge in [-0.25, -0.2) is 0 Å². The number of methoxy groups -OCH3 is 1. The average molecular weight is 280 g/mol. The van der Waals surface area contributed by atoms with Crippen LogP contribution in [0.5, 0.6) is 0 Å². The van der Waals surface area contributed by atoms with Crippen molar-refractivity contribution in [3.8, 4) is 0 Å². The van der Waals surface area contributed by atoms with Crippen molar-refractivity contribution in [3.05, 3.63) is 11.3 Å². The molecule has 0 bridgehead atoms. The van der Waals surface area contributed by atoms with Gasteiger partial charge in [0.2, 0.25) is 0 Å². The fourth-order valence-electron chi connectivity index (χ4n) is 3.28. The highest BCUT2D eigenvalue weighted by Crippen LogP contribution is 2.28. The first kappa shape index (κ1) is 15.3. The molecule has 114 valence electrons. The summed E-state index contributed by atoms with van der Waals surface area (Å²) in [5.41, 5.74) is 8.41. The highest BCUT2D eigenvalue weighted by molar-refractivity contribution is 5.51. The number of nitrogens with zero attached hydrogens (tertiary/aromatic N) is 3. The van der Waals surface area contributed by atoms with Crippen molar-refractivity contribution in [3.63, 3.8) is 0 Å². The van der Waals surface area contributed by atoms with Crippen LogP contribution in [0.1, 0.15) is 31.0 Å². The number of aryl methyl sites for hydroxylation is 2. The lowest BCUT2D eigenvalue weighted by atomic mass is 9.98. The summed E-state index contributed by atoms with van der Waals surface area (Å²) in [6, 6.07) is 0.163. The van der Waals surface area contributed by atoms with Crippen LogP contribution in [0.4, 0.5) is 5.82 Å². The average Bonchev–Trinajstić information content (AvgIpc) is 2.64. The van der Waals surface area contributed by atoms with E-state index in [0.717, 1.165) is 31.8 Å². The lowest BCUT2D eigenvalue weighted by Crippen LogP contribution is -2.39. The Morgan fingerprint density at radius 1 is 1.50 bits per heavy atom. The van der Waals surface area contributed by atoms with Crippen LogP contribution < -0.4 is 10.6 Å². The van der Waals surface area contributed by atoms with E-state index in [1.54, 1.807) is 7.11 Å². The Labute approximate surface area is 122 Å². The molecule has 0 saturated carbocycles. The zero-order chi connectivity index (χ0) is 14.7. The van der Waals surface area contributed by atoms with Gasteiger partial charge in [0.1, 0.15) is 5.82 Å². The summed E-state index contributed by atoms with van der Waals surface area (Å²) in [5.74, 6) is 1.87. The standard InChI is InChI=1S/C15H28N4O/c1-11(16)8-14-12(2)17-18(3)15(14)19-7-5-6-13(9-19)10-20-4/h11,13H,5-10,16H2,1-4H3. The Balaban J connectivity index is 2.22. The predicted octanol–water partition coefficient (Wildman–Crippen LogP) is 1.48. The molecule has 1 fully saturated rings. The largest absolute Gasteiger partial charge is 0.384 e. The Kier molecular flexibility index (Phi) is 5.05. The van der Waals surface area contributed by atoms with Crippen LogP contribution in [0.25, 0.3) is 0 Å². The summed E-state index contributed by atoms with van der Waals surface area (Å²) < 4.78 is 7.34. The fourth-order valence-corrected chi connectivity index (χ4v) is 3.28. The van der Waals surface area contributed by atoms with E-state index in [1.165, 1.54) is 24.2 Å². The van der Waals surface area contributed by atoms with Crippen molar-refractivity contribution in [1.82, 2.24) is 9.78 Å². The smallest absolute Gasteiger partial charge is 0.130 e. The van der Waals surface area contributed by atoms with Gasteiger partial charge >= 0.3 is 0 Å². The lowest BCUT2D eigenvalue weighted by molar-refractivity contribution is 0.143. The first-order chi connectivity index (χ1) is 9.52. The van der Waals surface area contributed by atoms with Crippen LogP contribution in [0.15, 0.2) is 0 Å². The van der Waals surface area contributed by atoms with Crippen LogP contribution in [-0.4, -0.2) is 42.6 Å². The molecule has 2 heterocycles. The van der Waals surface area contributed by atoms with Crippen molar-refractivity contribution in [2.75, 3.05) is 31.7 Å². The Morgan fingerprint density at radius 3 is 2.90 bits per heavy atom. The van der Waals surface area contributed by atoms with Gasteiger partial charge < -0.3 is 15.4 Å². The predicted molar refractivity (Wildman–Crippen MR) is 82.1 cm³/mol. The molecular weight excluding hydrogens is 252 g/mol. The van der Waals surface area contributed by atoms with E-state index in [4.69, 9.17) is 10.5 Å². The van der Waals surface area contributed by atoms with Gasteiger partial charge in [0.05, 0.1) is 12.3 Å². The molecule has 0 radical (unpaired) electrons. The second kappa shape index (κ2) is 6.59. The van der Waals surface area contributed by atoms with E-state index in [1.807, 2.05) is 11.7 Å². The Hall–Kier alpha value is -1.07. The van der Waals surface area contributed by atoms with Crippen molar-refractivity contribution < 1.29 is 4.74 Å². The van der Waals surface area contributed by atoms with Crippen LogP contribution in [0.3, 0.4) is 0 Å². The first-order valence-electron chi connectivity index (χ1n) is 7.54. The SMILES string of the molecule is COCC1CCCN(c2c(CC(C)N)c(C)nn2C)C1. The van der Waals surface area contributed by atoms with E-state index < -0.39 is 0 Å². The summed E-state index contributed by atoms with van der Waals surface area (Å²) in [4.78, 5) is 2.46. The van der Waals surface area contributed by atoms with Gasteiger partial charge in [-0.2, -0.15) is 5.10 Å². The molecule has 2 atom stereocenters. The maximum atomic E-state index is 6.00. The van der Waals surface area contributed by atoms with Gasteiger partial charge in [0, 0.05) is 38.9 Å². The van der Waals surface area contributed by atoms with Gasteiger partial charge in [-0.15, -0.1) is 0 Å². The van der Waals surface area contributed by atoms with E-state index in [-0.39, 0.29) is 6.04 Å². The summed E-state index contributed by atoms with van der Waals surface area (Å²) in [5, 5.41) is 4.60. The minimum Gasteiger partial charge on any atom is -0.384 e. The Bertz CT molecular complexity index is 439. The molecule has 1 aliphatic heterocycles. The minimum atomic E-state index is 0.163. The number of hydrogen-bond donors (Lipinski definition) is 1. The third kappa shape index (κ3) is 3.33.